The van der Waals surface area contributed by atoms with E-state index < -0.39 is 11.7 Å². The summed E-state index contributed by atoms with van der Waals surface area (Å²) >= 11 is 0. The van der Waals surface area contributed by atoms with E-state index in [0.29, 0.717) is 5.56 Å². The molecule has 1 rings (SSSR count). The first-order valence-electron chi connectivity index (χ1n) is 3.45. The van der Waals surface area contributed by atoms with Crippen LogP contribution >= 0.6 is 0 Å². The summed E-state index contributed by atoms with van der Waals surface area (Å²) in [5.41, 5.74) is 1.48. The van der Waals surface area contributed by atoms with Crippen molar-refractivity contribution in [3.8, 4) is 0 Å². The van der Waals surface area contributed by atoms with Crippen molar-refractivity contribution in [1.82, 2.24) is 4.98 Å². The van der Waals surface area contributed by atoms with Crippen molar-refractivity contribution >= 4 is 5.82 Å². The lowest BCUT2D eigenvalue weighted by Crippen LogP contribution is -2.16. The minimum atomic E-state index is -4.43. The molecule has 0 radical (unpaired) electrons. The first kappa shape index (κ1) is 9.79. The van der Waals surface area contributed by atoms with Crippen molar-refractivity contribution in [2.24, 2.45) is 5.84 Å². The maximum Gasteiger partial charge on any atom is 0.420 e. The van der Waals surface area contributed by atoms with Crippen LogP contribution in [-0.4, -0.2) is 4.98 Å². The standard InChI is InChI=1S/C7H8F3N3/c1-4-2-5(7(8,9)10)6(13-11)12-3-4/h2-3H,11H2,1H3,(H,12,13). The van der Waals surface area contributed by atoms with Crippen molar-refractivity contribution in [2.75, 3.05) is 5.43 Å². The van der Waals surface area contributed by atoms with Gasteiger partial charge in [-0.15, -0.1) is 0 Å². The predicted octanol–water partition coefficient (Wildman–Crippen LogP) is 1.69. The zero-order chi connectivity index (χ0) is 10.1. The SMILES string of the molecule is Cc1cnc(NN)c(C(F)(F)F)c1. The highest BCUT2D eigenvalue weighted by Crippen LogP contribution is 2.33. The number of pyridine rings is 1. The molecule has 0 aliphatic heterocycles. The van der Waals surface area contributed by atoms with Crippen molar-refractivity contribution < 1.29 is 13.2 Å². The van der Waals surface area contributed by atoms with Gasteiger partial charge in [0.15, 0.2) is 5.82 Å². The Balaban J connectivity index is 3.24. The smallest absolute Gasteiger partial charge is 0.308 e. The molecule has 3 N–H and O–H groups in total. The zero-order valence-corrected chi connectivity index (χ0v) is 6.81. The van der Waals surface area contributed by atoms with Gasteiger partial charge in [0.05, 0.1) is 5.56 Å². The van der Waals surface area contributed by atoms with Crippen LogP contribution in [-0.2, 0) is 6.18 Å². The van der Waals surface area contributed by atoms with Crippen LogP contribution < -0.4 is 11.3 Å². The van der Waals surface area contributed by atoms with Gasteiger partial charge in [0.25, 0.3) is 0 Å². The topological polar surface area (TPSA) is 50.9 Å². The lowest BCUT2D eigenvalue weighted by Gasteiger charge is -2.11. The van der Waals surface area contributed by atoms with Gasteiger partial charge in [-0.1, -0.05) is 0 Å². The average molecular weight is 191 g/mol. The Morgan fingerprint density at radius 1 is 1.46 bits per heavy atom. The number of nitrogens with zero attached hydrogens (tertiary/aromatic N) is 1. The van der Waals surface area contributed by atoms with Gasteiger partial charge in [0.2, 0.25) is 0 Å². The number of nitrogens with two attached hydrogens (primary N) is 1. The van der Waals surface area contributed by atoms with Gasteiger partial charge in [-0.05, 0) is 18.6 Å². The molecule has 13 heavy (non-hydrogen) atoms. The first-order valence-corrected chi connectivity index (χ1v) is 3.45. The lowest BCUT2D eigenvalue weighted by molar-refractivity contribution is -0.137. The Morgan fingerprint density at radius 3 is 2.54 bits per heavy atom. The van der Waals surface area contributed by atoms with Gasteiger partial charge in [-0.3, -0.25) is 0 Å². The van der Waals surface area contributed by atoms with Crippen LogP contribution in [0.1, 0.15) is 11.1 Å². The minimum Gasteiger partial charge on any atom is -0.308 e. The Kier molecular flexibility index (Phi) is 2.42. The third-order valence-corrected chi connectivity index (χ3v) is 1.47. The van der Waals surface area contributed by atoms with E-state index >= 15 is 0 Å². The third kappa shape index (κ3) is 2.09. The highest BCUT2D eigenvalue weighted by atomic mass is 19.4. The molecule has 0 aromatic carbocycles. The number of hydrazine groups is 1. The molecule has 0 atom stereocenters. The number of hydrogen-bond acceptors (Lipinski definition) is 3. The number of hydrogen-bond donors (Lipinski definition) is 2. The molecule has 0 unspecified atom stereocenters. The molecule has 0 amide bonds. The number of nitrogens with one attached hydrogen (secondary N) is 1. The predicted molar refractivity (Wildman–Crippen MR) is 41.8 cm³/mol. The molecule has 72 valence electrons. The van der Waals surface area contributed by atoms with Crippen LogP contribution in [0.25, 0.3) is 0 Å². The Bertz CT molecular complexity index is 308. The molecule has 3 nitrogen and oxygen atoms in total. The number of alkyl halides is 3. The van der Waals surface area contributed by atoms with E-state index in [9.17, 15) is 13.2 Å². The van der Waals surface area contributed by atoms with Crippen LogP contribution in [0.15, 0.2) is 12.3 Å². The second-order valence-corrected chi connectivity index (χ2v) is 2.55. The van der Waals surface area contributed by atoms with Crippen molar-refractivity contribution in [3.63, 3.8) is 0 Å². The fraction of sp³-hybridized carbons (Fsp3) is 0.286. The van der Waals surface area contributed by atoms with Gasteiger partial charge >= 0.3 is 6.18 Å². The fourth-order valence-corrected chi connectivity index (χ4v) is 0.900. The van der Waals surface area contributed by atoms with Gasteiger partial charge in [-0.2, -0.15) is 13.2 Å². The summed E-state index contributed by atoms with van der Waals surface area (Å²) in [7, 11) is 0. The summed E-state index contributed by atoms with van der Waals surface area (Å²) in [6, 6.07) is 0.988. The molecule has 6 heteroatoms. The molecule has 0 spiro atoms. The quantitative estimate of drug-likeness (QED) is 0.524. The van der Waals surface area contributed by atoms with Gasteiger partial charge in [-0.25, -0.2) is 10.8 Å². The van der Waals surface area contributed by atoms with Crippen LogP contribution in [0, 0.1) is 6.92 Å². The van der Waals surface area contributed by atoms with E-state index in [0.717, 1.165) is 6.07 Å². The van der Waals surface area contributed by atoms with Crippen LogP contribution in [0.5, 0.6) is 0 Å². The number of aryl methyl sites for hydroxylation is 1. The van der Waals surface area contributed by atoms with Gasteiger partial charge in [0, 0.05) is 6.20 Å². The fourth-order valence-electron chi connectivity index (χ4n) is 0.900. The zero-order valence-electron chi connectivity index (χ0n) is 6.81. The van der Waals surface area contributed by atoms with E-state index in [2.05, 4.69) is 4.98 Å². The summed E-state index contributed by atoms with van der Waals surface area (Å²) in [4.78, 5) is 3.51. The van der Waals surface area contributed by atoms with Gasteiger partial charge < -0.3 is 5.43 Å². The average Bonchev–Trinajstić information content (AvgIpc) is 2.03. The van der Waals surface area contributed by atoms with Crippen molar-refractivity contribution in [3.05, 3.63) is 23.4 Å². The van der Waals surface area contributed by atoms with E-state index in [1.165, 1.54) is 13.1 Å². The number of nitrogen functional groups attached to an aromatic ring is 1. The number of aromatic nitrogens is 1. The number of halogens is 3. The highest BCUT2D eigenvalue weighted by Gasteiger charge is 2.34. The summed E-state index contributed by atoms with van der Waals surface area (Å²) < 4.78 is 36.8. The van der Waals surface area contributed by atoms with Crippen LogP contribution in [0.4, 0.5) is 19.0 Å². The van der Waals surface area contributed by atoms with Crippen LogP contribution in [0.3, 0.4) is 0 Å². The molecule has 1 heterocycles. The summed E-state index contributed by atoms with van der Waals surface area (Å²) in [6.07, 6.45) is -3.12. The summed E-state index contributed by atoms with van der Waals surface area (Å²) in [6.45, 7) is 1.53. The lowest BCUT2D eigenvalue weighted by atomic mass is 10.2. The molecule has 1 aromatic rings. The Labute approximate surface area is 72.7 Å². The van der Waals surface area contributed by atoms with Crippen molar-refractivity contribution in [2.45, 2.75) is 13.1 Å². The van der Waals surface area contributed by atoms with E-state index in [1.807, 2.05) is 5.43 Å². The second-order valence-electron chi connectivity index (χ2n) is 2.55. The van der Waals surface area contributed by atoms with Crippen molar-refractivity contribution in [1.29, 1.82) is 0 Å². The molecule has 0 fully saturated rings. The Hall–Kier alpha value is -1.30. The third-order valence-electron chi connectivity index (χ3n) is 1.47. The second kappa shape index (κ2) is 3.21. The molecule has 0 saturated carbocycles. The molecule has 0 aliphatic rings. The molecular weight excluding hydrogens is 183 g/mol. The molecule has 0 saturated heterocycles. The maximum absolute atomic E-state index is 12.3. The first-order chi connectivity index (χ1) is 5.95. The maximum atomic E-state index is 12.3. The monoisotopic (exact) mass is 191 g/mol. The molecule has 0 aliphatic carbocycles. The molecule has 0 bridgehead atoms. The number of anilines is 1. The largest absolute Gasteiger partial charge is 0.420 e. The van der Waals surface area contributed by atoms with Gasteiger partial charge in [0.1, 0.15) is 0 Å². The molecule has 1 aromatic heterocycles. The summed E-state index contributed by atoms with van der Waals surface area (Å²) in [5, 5.41) is 0. The normalized spacial score (nSPS) is 11.5. The van der Waals surface area contributed by atoms with E-state index in [4.69, 9.17) is 5.84 Å². The molecular formula is C7H8F3N3. The highest BCUT2D eigenvalue weighted by molar-refractivity contribution is 5.45. The van der Waals surface area contributed by atoms with Crippen LogP contribution in [0.2, 0.25) is 0 Å². The van der Waals surface area contributed by atoms with E-state index in [-0.39, 0.29) is 5.82 Å². The number of rotatable bonds is 1. The van der Waals surface area contributed by atoms with E-state index in [1.54, 1.807) is 0 Å². The summed E-state index contributed by atoms with van der Waals surface area (Å²) in [5.74, 6) is 4.52. The Morgan fingerprint density at radius 2 is 2.08 bits per heavy atom. The minimum absolute atomic E-state index is 0.363.